The highest BCUT2D eigenvalue weighted by atomic mass is 16.1. The van der Waals surface area contributed by atoms with Gasteiger partial charge in [-0.05, 0) is 49.1 Å². The Morgan fingerprint density at radius 1 is 0.957 bits per heavy atom. The molecule has 0 bridgehead atoms. The molecule has 0 atom stereocenters. The fourth-order valence-corrected chi connectivity index (χ4v) is 2.28. The molecule has 0 saturated carbocycles. The summed E-state index contributed by atoms with van der Waals surface area (Å²) in [6.45, 7) is 2.94. The van der Waals surface area contributed by atoms with E-state index in [1.54, 1.807) is 0 Å². The Labute approximate surface area is 139 Å². The number of aryl methyl sites for hydroxylation is 1. The summed E-state index contributed by atoms with van der Waals surface area (Å²) in [4.78, 5) is 10.2. The van der Waals surface area contributed by atoms with E-state index < -0.39 is 0 Å². The normalized spacial score (nSPS) is 9.65. The van der Waals surface area contributed by atoms with Crippen LogP contribution in [0.25, 0.3) is 0 Å². The number of carbonyl (C=O) groups excluding carboxylic acids is 1. The molecular formula is C20H28N2O. The maximum Gasteiger partial charge on any atom is 0.211 e. The van der Waals surface area contributed by atoms with Gasteiger partial charge in [0.15, 0.2) is 0 Å². The van der Waals surface area contributed by atoms with Crippen molar-refractivity contribution in [3.8, 4) is 0 Å². The molecule has 0 aliphatic heterocycles. The first kappa shape index (κ1) is 18.9. The molecule has 0 fully saturated rings. The molecule has 3 nitrogen and oxygen atoms in total. The van der Waals surface area contributed by atoms with E-state index in [1.807, 2.05) is 36.4 Å². The quantitative estimate of drug-likeness (QED) is 0.567. The number of benzene rings is 2. The van der Waals surface area contributed by atoms with Gasteiger partial charge in [0, 0.05) is 5.69 Å². The van der Waals surface area contributed by atoms with Gasteiger partial charge in [0.25, 0.3) is 0 Å². The third kappa shape index (κ3) is 8.79. The number of hydrogen-bond donors (Lipinski definition) is 2. The number of unbranched alkanes of at least 4 members (excludes halogenated alkanes) is 2. The third-order valence-corrected chi connectivity index (χ3v) is 3.50. The number of hydrogen-bond acceptors (Lipinski definition) is 2. The van der Waals surface area contributed by atoms with Crippen molar-refractivity contribution in [2.75, 3.05) is 11.9 Å². The zero-order valence-corrected chi connectivity index (χ0v) is 14.0. The Bertz CT molecular complexity index is 540. The highest BCUT2D eigenvalue weighted by Gasteiger charge is 1.95. The molecule has 0 spiro atoms. The standard InChI is InChI=1S/C12H17NO.C8H11N/c1-2-3-4-6-11-7-5-8-12(9-11)13-10-14;9-7-6-8-4-2-1-3-5-8/h5,7-10H,2-4,6H2,1H3,(H,13,14);1-5H,6-7,9H2. The summed E-state index contributed by atoms with van der Waals surface area (Å²) < 4.78 is 0. The number of anilines is 1. The zero-order chi connectivity index (χ0) is 16.8. The number of amides is 1. The second-order valence-electron chi connectivity index (χ2n) is 5.44. The van der Waals surface area contributed by atoms with Crippen LogP contribution in [-0.2, 0) is 17.6 Å². The van der Waals surface area contributed by atoms with E-state index in [2.05, 4.69) is 30.4 Å². The minimum Gasteiger partial charge on any atom is -0.330 e. The Balaban J connectivity index is 0.000000253. The molecule has 2 rings (SSSR count). The molecule has 3 N–H and O–H groups in total. The molecule has 0 heterocycles. The lowest BCUT2D eigenvalue weighted by Gasteiger charge is -2.03. The average molecular weight is 312 g/mol. The molecule has 0 radical (unpaired) electrons. The molecule has 0 aromatic heterocycles. The van der Waals surface area contributed by atoms with Crippen LogP contribution in [0.15, 0.2) is 54.6 Å². The van der Waals surface area contributed by atoms with Crippen molar-refractivity contribution in [2.24, 2.45) is 5.73 Å². The Morgan fingerprint density at radius 2 is 1.70 bits per heavy atom. The van der Waals surface area contributed by atoms with Gasteiger partial charge in [-0.2, -0.15) is 0 Å². The fourth-order valence-electron chi connectivity index (χ4n) is 2.28. The fraction of sp³-hybridized carbons (Fsp3) is 0.350. The molecule has 2 aromatic carbocycles. The maximum absolute atomic E-state index is 10.2. The van der Waals surface area contributed by atoms with Crippen LogP contribution in [0, 0.1) is 0 Å². The summed E-state index contributed by atoms with van der Waals surface area (Å²) in [7, 11) is 0. The summed E-state index contributed by atoms with van der Waals surface area (Å²) in [5.41, 5.74) is 8.86. The zero-order valence-electron chi connectivity index (χ0n) is 14.0. The van der Waals surface area contributed by atoms with Gasteiger partial charge in [0.05, 0.1) is 0 Å². The molecule has 0 aliphatic carbocycles. The van der Waals surface area contributed by atoms with Gasteiger partial charge >= 0.3 is 0 Å². The lowest BCUT2D eigenvalue weighted by atomic mass is 10.1. The highest BCUT2D eigenvalue weighted by Crippen LogP contribution is 2.12. The molecule has 2 aromatic rings. The van der Waals surface area contributed by atoms with Crippen LogP contribution in [0.3, 0.4) is 0 Å². The summed E-state index contributed by atoms with van der Waals surface area (Å²) in [6, 6.07) is 18.3. The van der Waals surface area contributed by atoms with E-state index in [9.17, 15) is 4.79 Å². The molecule has 0 aliphatic rings. The molecule has 0 saturated heterocycles. The molecule has 23 heavy (non-hydrogen) atoms. The third-order valence-electron chi connectivity index (χ3n) is 3.50. The van der Waals surface area contributed by atoms with Gasteiger partial charge in [-0.15, -0.1) is 0 Å². The highest BCUT2D eigenvalue weighted by molar-refractivity contribution is 5.71. The van der Waals surface area contributed by atoms with E-state index in [4.69, 9.17) is 5.73 Å². The predicted octanol–water partition coefficient (Wildman–Crippen LogP) is 4.18. The van der Waals surface area contributed by atoms with E-state index >= 15 is 0 Å². The van der Waals surface area contributed by atoms with Crippen molar-refractivity contribution >= 4 is 12.1 Å². The van der Waals surface area contributed by atoms with Gasteiger partial charge in [0.1, 0.15) is 0 Å². The smallest absolute Gasteiger partial charge is 0.211 e. The van der Waals surface area contributed by atoms with Crippen LogP contribution in [0.2, 0.25) is 0 Å². The Morgan fingerprint density at radius 3 is 2.35 bits per heavy atom. The van der Waals surface area contributed by atoms with Crippen molar-refractivity contribution in [2.45, 2.75) is 39.0 Å². The second kappa shape index (κ2) is 12.4. The first-order chi connectivity index (χ1) is 11.3. The Kier molecular flexibility index (Phi) is 10.2. The van der Waals surface area contributed by atoms with Gasteiger partial charge < -0.3 is 11.1 Å². The van der Waals surface area contributed by atoms with E-state index in [0.717, 1.165) is 25.1 Å². The van der Waals surface area contributed by atoms with Crippen molar-refractivity contribution < 1.29 is 4.79 Å². The largest absolute Gasteiger partial charge is 0.330 e. The molecule has 3 heteroatoms. The number of nitrogens with two attached hydrogens (primary N) is 1. The van der Waals surface area contributed by atoms with Crippen LogP contribution in [0.5, 0.6) is 0 Å². The van der Waals surface area contributed by atoms with E-state index in [0.29, 0.717) is 6.41 Å². The monoisotopic (exact) mass is 312 g/mol. The van der Waals surface area contributed by atoms with E-state index in [1.165, 1.54) is 30.4 Å². The summed E-state index contributed by atoms with van der Waals surface area (Å²) in [5.74, 6) is 0. The number of carbonyl (C=O) groups is 1. The first-order valence-corrected chi connectivity index (χ1v) is 8.33. The summed E-state index contributed by atoms with van der Waals surface area (Å²) in [5, 5.41) is 2.66. The van der Waals surface area contributed by atoms with Gasteiger partial charge in [-0.25, -0.2) is 0 Å². The van der Waals surface area contributed by atoms with Crippen LogP contribution < -0.4 is 11.1 Å². The van der Waals surface area contributed by atoms with Crippen LogP contribution in [-0.4, -0.2) is 13.0 Å². The minimum atomic E-state index is 0.713. The van der Waals surface area contributed by atoms with Gasteiger partial charge in [-0.1, -0.05) is 62.2 Å². The first-order valence-electron chi connectivity index (χ1n) is 8.33. The van der Waals surface area contributed by atoms with Crippen molar-refractivity contribution in [3.05, 3.63) is 65.7 Å². The van der Waals surface area contributed by atoms with Crippen LogP contribution >= 0.6 is 0 Å². The van der Waals surface area contributed by atoms with Crippen molar-refractivity contribution in [3.63, 3.8) is 0 Å². The van der Waals surface area contributed by atoms with Crippen LogP contribution in [0.4, 0.5) is 5.69 Å². The second-order valence-corrected chi connectivity index (χ2v) is 5.44. The average Bonchev–Trinajstić information content (AvgIpc) is 2.58. The van der Waals surface area contributed by atoms with Gasteiger partial charge in [-0.3, -0.25) is 4.79 Å². The van der Waals surface area contributed by atoms with Crippen LogP contribution in [0.1, 0.15) is 37.3 Å². The van der Waals surface area contributed by atoms with Gasteiger partial charge in [0.2, 0.25) is 6.41 Å². The molecule has 1 amide bonds. The summed E-state index contributed by atoms with van der Waals surface area (Å²) in [6.07, 6.45) is 6.53. The van der Waals surface area contributed by atoms with Crippen molar-refractivity contribution in [1.82, 2.24) is 0 Å². The summed E-state index contributed by atoms with van der Waals surface area (Å²) >= 11 is 0. The maximum atomic E-state index is 10.2. The molecule has 124 valence electrons. The van der Waals surface area contributed by atoms with Crippen molar-refractivity contribution in [1.29, 1.82) is 0 Å². The minimum absolute atomic E-state index is 0.713. The predicted molar refractivity (Wildman–Crippen MR) is 98.6 cm³/mol. The lowest BCUT2D eigenvalue weighted by molar-refractivity contribution is -0.105. The van der Waals surface area contributed by atoms with E-state index in [-0.39, 0.29) is 0 Å². The topological polar surface area (TPSA) is 55.1 Å². The number of rotatable bonds is 8. The lowest BCUT2D eigenvalue weighted by Crippen LogP contribution is -2.01. The Hall–Kier alpha value is -2.13. The molecule has 0 unspecified atom stereocenters. The SMILES string of the molecule is CCCCCc1cccc(NC=O)c1.NCCc1ccccc1. The molecular weight excluding hydrogens is 284 g/mol. The number of nitrogens with one attached hydrogen (secondary N) is 1.